The maximum absolute atomic E-state index is 12.1. The van der Waals surface area contributed by atoms with Gasteiger partial charge in [0.1, 0.15) is 0 Å². The number of carbonyl (C=O) groups excluding carboxylic acids is 1. The highest BCUT2D eigenvalue weighted by atomic mass is 16.6. The minimum Gasteiger partial charge on any atom is -0.378 e. The number of nitrogens with one attached hydrogen (secondary N) is 1. The lowest BCUT2D eigenvalue weighted by Crippen LogP contribution is -2.36. The minimum absolute atomic E-state index is 0.0633. The molecule has 2 aromatic rings. The second-order valence-corrected chi connectivity index (χ2v) is 6.09. The van der Waals surface area contributed by atoms with Crippen LogP contribution in [-0.4, -0.2) is 42.8 Å². The summed E-state index contributed by atoms with van der Waals surface area (Å²) in [6.45, 7) is 5.02. The number of ether oxygens (including phenoxy) is 1. The monoisotopic (exact) mass is 368 g/mol. The van der Waals surface area contributed by atoms with Gasteiger partial charge in [-0.1, -0.05) is 12.1 Å². The van der Waals surface area contributed by atoms with E-state index in [1.165, 1.54) is 24.3 Å². The van der Waals surface area contributed by atoms with Crippen molar-refractivity contribution < 1.29 is 14.5 Å². The summed E-state index contributed by atoms with van der Waals surface area (Å²) in [6.07, 6.45) is 0. The van der Waals surface area contributed by atoms with Crippen molar-refractivity contribution in [2.75, 3.05) is 31.2 Å². The number of rotatable bonds is 5. The highest BCUT2D eigenvalue weighted by Crippen LogP contribution is 2.17. The summed E-state index contributed by atoms with van der Waals surface area (Å²) in [5.74, 6) is -0.422. The van der Waals surface area contributed by atoms with Crippen molar-refractivity contribution >= 4 is 23.0 Å². The van der Waals surface area contributed by atoms with Gasteiger partial charge in [-0.05, 0) is 36.8 Å². The van der Waals surface area contributed by atoms with Gasteiger partial charge in [0.25, 0.3) is 11.6 Å². The van der Waals surface area contributed by atoms with Gasteiger partial charge in [0.15, 0.2) is 0 Å². The van der Waals surface area contributed by atoms with Crippen LogP contribution in [0.5, 0.6) is 0 Å². The molecule has 27 heavy (non-hydrogen) atoms. The molecule has 1 aliphatic rings. The Kier molecular flexibility index (Phi) is 5.77. The lowest BCUT2D eigenvalue weighted by atomic mass is 10.1. The van der Waals surface area contributed by atoms with Gasteiger partial charge in [0.05, 0.1) is 23.8 Å². The Labute approximate surface area is 156 Å². The van der Waals surface area contributed by atoms with E-state index >= 15 is 0 Å². The van der Waals surface area contributed by atoms with Gasteiger partial charge < -0.3 is 9.64 Å². The molecule has 8 nitrogen and oxygen atoms in total. The molecule has 1 N–H and O–H groups in total. The number of nitro benzene ring substituents is 1. The van der Waals surface area contributed by atoms with Gasteiger partial charge in [-0.25, -0.2) is 5.43 Å². The number of nitrogens with zero attached hydrogens (tertiary/aromatic N) is 3. The molecule has 0 radical (unpaired) electrons. The minimum atomic E-state index is -0.509. The first-order valence-electron chi connectivity index (χ1n) is 8.57. The molecule has 1 fully saturated rings. The SMILES string of the molecule is C/C(=N/NC(=O)c1ccc([N+](=O)[O-])cc1)c1ccc(N2CCOCC2)cc1. The summed E-state index contributed by atoms with van der Waals surface area (Å²) in [4.78, 5) is 24.5. The summed E-state index contributed by atoms with van der Waals surface area (Å²) in [5.41, 5.74) is 5.41. The molecular weight excluding hydrogens is 348 g/mol. The maximum Gasteiger partial charge on any atom is 0.271 e. The van der Waals surface area contributed by atoms with Crippen LogP contribution in [0.2, 0.25) is 0 Å². The molecule has 3 rings (SSSR count). The molecule has 1 saturated heterocycles. The first-order valence-corrected chi connectivity index (χ1v) is 8.57. The fourth-order valence-corrected chi connectivity index (χ4v) is 2.73. The maximum atomic E-state index is 12.1. The van der Waals surface area contributed by atoms with Gasteiger partial charge in [-0.3, -0.25) is 14.9 Å². The van der Waals surface area contributed by atoms with Crippen LogP contribution in [0.4, 0.5) is 11.4 Å². The van der Waals surface area contributed by atoms with Crippen molar-refractivity contribution in [3.05, 3.63) is 69.8 Å². The van der Waals surface area contributed by atoms with Crippen molar-refractivity contribution in [3.8, 4) is 0 Å². The predicted molar refractivity (Wildman–Crippen MR) is 102 cm³/mol. The number of hydrogen-bond acceptors (Lipinski definition) is 6. The number of amides is 1. The van der Waals surface area contributed by atoms with E-state index in [9.17, 15) is 14.9 Å². The fraction of sp³-hybridized carbons (Fsp3) is 0.263. The zero-order valence-electron chi connectivity index (χ0n) is 14.9. The van der Waals surface area contributed by atoms with E-state index in [0.29, 0.717) is 11.3 Å². The molecule has 0 unspecified atom stereocenters. The van der Waals surface area contributed by atoms with Crippen LogP contribution in [0, 0.1) is 10.1 Å². The second-order valence-electron chi connectivity index (χ2n) is 6.09. The van der Waals surface area contributed by atoms with Crippen molar-refractivity contribution in [2.45, 2.75) is 6.92 Å². The first kappa shape index (κ1) is 18.5. The van der Waals surface area contributed by atoms with Crippen LogP contribution < -0.4 is 10.3 Å². The molecule has 0 aromatic heterocycles. The molecule has 8 heteroatoms. The van der Waals surface area contributed by atoms with Crippen LogP contribution in [0.15, 0.2) is 53.6 Å². The topological polar surface area (TPSA) is 97.1 Å². The third kappa shape index (κ3) is 4.68. The van der Waals surface area contributed by atoms with E-state index < -0.39 is 10.8 Å². The highest BCUT2D eigenvalue weighted by molar-refractivity contribution is 6.01. The Morgan fingerprint density at radius 2 is 1.67 bits per heavy atom. The number of nitro groups is 1. The van der Waals surface area contributed by atoms with E-state index in [2.05, 4.69) is 15.4 Å². The van der Waals surface area contributed by atoms with Crippen LogP contribution in [-0.2, 0) is 4.74 Å². The average Bonchev–Trinajstić information content (AvgIpc) is 2.72. The Balaban J connectivity index is 1.62. The van der Waals surface area contributed by atoms with Gasteiger partial charge in [-0.15, -0.1) is 0 Å². The average molecular weight is 368 g/mol. The largest absolute Gasteiger partial charge is 0.378 e. The van der Waals surface area contributed by atoms with E-state index in [1.807, 2.05) is 24.3 Å². The number of morpholine rings is 1. The van der Waals surface area contributed by atoms with Gasteiger partial charge >= 0.3 is 0 Å². The number of non-ortho nitro benzene ring substituents is 1. The van der Waals surface area contributed by atoms with Crippen LogP contribution in [0.1, 0.15) is 22.8 Å². The molecule has 0 aliphatic carbocycles. The second kappa shape index (κ2) is 8.41. The summed E-state index contributed by atoms with van der Waals surface area (Å²) in [7, 11) is 0. The van der Waals surface area contributed by atoms with E-state index in [0.717, 1.165) is 37.6 Å². The number of benzene rings is 2. The Bertz CT molecular complexity index is 841. The van der Waals surface area contributed by atoms with Gasteiger partial charge in [0, 0.05) is 36.5 Å². The number of anilines is 1. The first-order chi connectivity index (χ1) is 13.0. The molecule has 0 atom stereocenters. The van der Waals surface area contributed by atoms with Crippen LogP contribution in [0.25, 0.3) is 0 Å². The van der Waals surface area contributed by atoms with E-state index in [-0.39, 0.29) is 5.69 Å². The molecule has 0 saturated carbocycles. The number of carbonyl (C=O) groups is 1. The lowest BCUT2D eigenvalue weighted by molar-refractivity contribution is -0.384. The summed E-state index contributed by atoms with van der Waals surface area (Å²) in [5, 5.41) is 14.8. The molecule has 1 aliphatic heterocycles. The quantitative estimate of drug-likeness (QED) is 0.497. The summed E-state index contributed by atoms with van der Waals surface area (Å²) < 4.78 is 5.36. The Morgan fingerprint density at radius 1 is 1.07 bits per heavy atom. The zero-order chi connectivity index (χ0) is 19.2. The molecule has 1 heterocycles. The fourth-order valence-electron chi connectivity index (χ4n) is 2.73. The normalized spacial score (nSPS) is 14.7. The van der Waals surface area contributed by atoms with E-state index in [4.69, 9.17) is 4.74 Å². The van der Waals surface area contributed by atoms with Gasteiger partial charge in [-0.2, -0.15) is 5.10 Å². The standard InChI is InChI=1S/C19H20N4O4/c1-14(15-2-6-17(7-3-15)22-10-12-27-13-11-22)20-21-19(24)16-4-8-18(9-5-16)23(25)26/h2-9H,10-13H2,1H3,(H,21,24)/b20-14-. The van der Waals surface area contributed by atoms with Gasteiger partial charge in [0.2, 0.25) is 0 Å². The molecular formula is C19H20N4O4. The number of hydrogen-bond donors (Lipinski definition) is 1. The lowest BCUT2D eigenvalue weighted by Gasteiger charge is -2.28. The van der Waals surface area contributed by atoms with Crippen LogP contribution in [0.3, 0.4) is 0 Å². The molecule has 140 valence electrons. The van der Waals surface area contributed by atoms with E-state index in [1.54, 1.807) is 6.92 Å². The number of hydrazone groups is 1. The summed E-state index contributed by atoms with van der Waals surface area (Å²) >= 11 is 0. The Morgan fingerprint density at radius 3 is 2.26 bits per heavy atom. The molecule has 0 bridgehead atoms. The molecule has 0 spiro atoms. The highest BCUT2D eigenvalue weighted by Gasteiger charge is 2.12. The zero-order valence-corrected chi connectivity index (χ0v) is 14.9. The third-order valence-corrected chi connectivity index (χ3v) is 4.33. The molecule has 2 aromatic carbocycles. The smallest absolute Gasteiger partial charge is 0.271 e. The third-order valence-electron chi connectivity index (χ3n) is 4.33. The van der Waals surface area contributed by atoms with Crippen molar-refractivity contribution in [2.24, 2.45) is 5.10 Å². The predicted octanol–water partition coefficient (Wildman–Crippen LogP) is 2.59. The Hall–Kier alpha value is -3.26. The van der Waals surface area contributed by atoms with Crippen molar-refractivity contribution in [1.29, 1.82) is 0 Å². The van der Waals surface area contributed by atoms with Crippen molar-refractivity contribution in [3.63, 3.8) is 0 Å². The van der Waals surface area contributed by atoms with Crippen LogP contribution >= 0.6 is 0 Å². The van der Waals surface area contributed by atoms with Crippen molar-refractivity contribution in [1.82, 2.24) is 5.43 Å². The summed E-state index contributed by atoms with van der Waals surface area (Å²) in [6, 6.07) is 13.3. The molecule has 1 amide bonds.